The summed E-state index contributed by atoms with van der Waals surface area (Å²) in [7, 11) is 0. The zero-order valence-corrected chi connectivity index (χ0v) is 16.2. The van der Waals surface area contributed by atoms with Gasteiger partial charge in [-0.2, -0.15) is 0 Å². The van der Waals surface area contributed by atoms with E-state index in [4.69, 9.17) is 9.47 Å². The molecule has 9 nitrogen and oxygen atoms in total. The van der Waals surface area contributed by atoms with Crippen LogP contribution in [0.4, 0.5) is 11.4 Å². The number of benzene rings is 2. The molecule has 0 aliphatic heterocycles. The van der Waals surface area contributed by atoms with Crippen LogP contribution >= 0.6 is 0 Å². The summed E-state index contributed by atoms with van der Waals surface area (Å²) in [5.74, 6) is -1.88. The first-order valence-corrected chi connectivity index (χ1v) is 8.74. The number of carbonyl (C=O) groups is 3. The van der Waals surface area contributed by atoms with Crippen LogP contribution < -0.4 is 10.1 Å². The number of nitrogens with zero attached hydrogens (tertiary/aromatic N) is 1. The lowest BCUT2D eigenvalue weighted by Crippen LogP contribution is -2.15. The van der Waals surface area contributed by atoms with E-state index in [-0.39, 0.29) is 29.3 Å². The van der Waals surface area contributed by atoms with Crippen LogP contribution in [-0.2, 0) is 20.7 Å². The van der Waals surface area contributed by atoms with Crippen LogP contribution in [0.5, 0.6) is 5.75 Å². The Labute approximate surface area is 166 Å². The van der Waals surface area contributed by atoms with Gasteiger partial charge in [0.1, 0.15) is 5.56 Å². The summed E-state index contributed by atoms with van der Waals surface area (Å²) in [6.45, 7) is 4.21. The number of amides is 1. The van der Waals surface area contributed by atoms with E-state index in [1.54, 1.807) is 25.1 Å². The Balaban J connectivity index is 2.52. The van der Waals surface area contributed by atoms with Crippen molar-refractivity contribution in [2.24, 2.45) is 0 Å². The molecule has 29 heavy (non-hydrogen) atoms. The quantitative estimate of drug-likeness (QED) is 0.327. The molecular weight excluding hydrogens is 380 g/mol. The molecule has 0 saturated heterocycles. The smallest absolute Gasteiger partial charge is 0.342 e. The highest BCUT2D eigenvalue weighted by atomic mass is 16.6. The number of esters is 2. The molecule has 0 heterocycles. The maximum atomic E-state index is 12.4. The van der Waals surface area contributed by atoms with Crippen molar-refractivity contribution < 1.29 is 28.8 Å². The summed E-state index contributed by atoms with van der Waals surface area (Å²) in [5, 5.41) is 13.4. The highest BCUT2D eigenvalue weighted by molar-refractivity contribution is 5.99. The SMILES string of the molecule is CCOC(=O)c1cc(Cc2ccc([N+](=O)[O-])cc2)cc(NC(C)=O)c1OC(C)=O. The minimum Gasteiger partial charge on any atom is -0.462 e. The minimum absolute atomic E-state index is 0.00906. The van der Waals surface area contributed by atoms with Crippen molar-refractivity contribution in [1.82, 2.24) is 0 Å². The number of non-ortho nitro benzene ring substituents is 1. The Bertz CT molecular complexity index is 952. The Morgan fingerprint density at radius 3 is 2.24 bits per heavy atom. The number of nitro benzene ring substituents is 1. The number of ether oxygens (including phenoxy) is 2. The fourth-order valence-electron chi connectivity index (χ4n) is 2.66. The third kappa shape index (κ3) is 5.86. The molecule has 2 aromatic carbocycles. The summed E-state index contributed by atoms with van der Waals surface area (Å²) in [5.41, 5.74) is 1.46. The molecule has 1 amide bonds. The van der Waals surface area contributed by atoms with E-state index in [0.717, 1.165) is 5.56 Å². The number of carbonyl (C=O) groups excluding carboxylic acids is 3. The summed E-state index contributed by atoms with van der Waals surface area (Å²) in [4.78, 5) is 45.8. The summed E-state index contributed by atoms with van der Waals surface area (Å²) >= 11 is 0. The second-order valence-corrected chi connectivity index (χ2v) is 6.12. The van der Waals surface area contributed by atoms with E-state index in [1.807, 2.05) is 0 Å². The molecule has 0 atom stereocenters. The number of nitrogens with one attached hydrogen (secondary N) is 1. The second-order valence-electron chi connectivity index (χ2n) is 6.12. The fourth-order valence-corrected chi connectivity index (χ4v) is 2.66. The number of nitro groups is 1. The first kappa shape index (κ1) is 21.5. The van der Waals surface area contributed by atoms with Gasteiger partial charge in [0.15, 0.2) is 5.75 Å². The van der Waals surface area contributed by atoms with Gasteiger partial charge < -0.3 is 14.8 Å². The topological polar surface area (TPSA) is 125 Å². The highest BCUT2D eigenvalue weighted by Crippen LogP contribution is 2.33. The van der Waals surface area contributed by atoms with E-state index in [2.05, 4.69) is 5.32 Å². The first-order valence-electron chi connectivity index (χ1n) is 8.74. The van der Waals surface area contributed by atoms with Crippen LogP contribution in [0.1, 0.15) is 42.3 Å². The van der Waals surface area contributed by atoms with E-state index in [0.29, 0.717) is 12.0 Å². The van der Waals surface area contributed by atoms with E-state index in [9.17, 15) is 24.5 Å². The maximum Gasteiger partial charge on any atom is 0.342 e. The van der Waals surface area contributed by atoms with E-state index < -0.39 is 22.8 Å². The monoisotopic (exact) mass is 400 g/mol. The Kier molecular flexibility index (Phi) is 7.02. The van der Waals surface area contributed by atoms with Crippen LogP contribution in [0, 0.1) is 10.1 Å². The minimum atomic E-state index is -0.707. The largest absolute Gasteiger partial charge is 0.462 e. The van der Waals surface area contributed by atoms with Crippen molar-refractivity contribution in [3.8, 4) is 5.75 Å². The van der Waals surface area contributed by atoms with E-state index in [1.165, 1.54) is 32.0 Å². The van der Waals surface area contributed by atoms with Gasteiger partial charge in [0, 0.05) is 26.0 Å². The predicted octanol–water partition coefficient (Wildman–Crippen LogP) is 3.25. The van der Waals surface area contributed by atoms with Crippen molar-refractivity contribution in [3.05, 3.63) is 63.2 Å². The summed E-state index contributed by atoms with van der Waals surface area (Å²) in [6, 6.07) is 9.03. The zero-order valence-electron chi connectivity index (χ0n) is 16.2. The van der Waals surface area contributed by atoms with Crippen LogP contribution in [-0.4, -0.2) is 29.4 Å². The molecule has 0 saturated carbocycles. The lowest BCUT2D eigenvalue weighted by molar-refractivity contribution is -0.384. The first-order chi connectivity index (χ1) is 13.7. The van der Waals surface area contributed by atoms with Gasteiger partial charge in [0.25, 0.3) is 5.69 Å². The van der Waals surface area contributed by atoms with Crippen LogP contribution in [0.2, 0.25) is 0 Å². The Morgan fingerprint density at radius 1 is 1.07 bits per heavy atom. The van der Waals surface area contributed by atoms with Gasteiger partial charge >= 0.3 is 11.9 Å². The van der Waals surface area contributed by atoms with Crippen molar-refractivity contribution in [1.29, 1.82) is 0 Å². The Morgan fingerprint density at radius 2 is 1.72 bits per heavy atom. The third-order valence-corrected chi connectivity index (χ3v) is 3.76. The molecule has 0 aliphatic rings. The van der Waals surface area contributed by atoms with Gasteiger partial charge in [0.05, 0.1) is 17.2 Å². The standard InChI is InChI=1S/C20H20N2O7/c1-4-28-20(25)17-10-15(9-14-5-7-16(8-6-14)22(26)27)11-18(21-12(2)23)19(17)29-13(3)24/h5-8,10-11H,4,9H2,1-3H3,(H,21,23). The van der Waals surface area contributed by atoms with Crippen LogP contribution in [0.25, 0.3) is 0 Å². The average molecular weight is 400 g/mol. The maximum absolute atomic E-state index is 12.4. The van der Waals surface area contributed by atoms with Crippen LogP contribution in [0.3, 0.4) is 0 Å². The molecule has 0 unspecified atom stereocenters. The second kappa shape index (κ2) is 9.45. The third-order valence-electron chi connectivity index (χ3n) is 3.76. The molecule has 152 valence electrons. The lowest BCUT2D eigenvalue weighted by Gasteiger charge is -2.16. The fraction of sp³-hybridized carbons (Fsp3) is 0.250. The zero-order chi connectivity index (χ0) is 21.6. The van der Waals surface area contributed by atoms with Gasteiger partial charge in [-0.05, 0) is 36.6 Å². The molecule has 0 fully saturated rings. The number of hydrogen-bond donors (Lipinski definition) is 1. The average Bonchev–Trinajstić information content (AvgIpc) is 2.63. The molecular formula is C20H20N2O7. The molecule has 1 N–H and O–H groups in total. The van der Waals surface area contributed by atoms with Gasteiger partial charge in [-0.15, -0.1) is 0 Å². The van der Waals surface area contributed by atoms with Gasteiger partial charge in [-0.3, -0.25) is 19.7 Å². The molecule has 0 radical (unpaired) electrons. The highest BCUT2D eigenvalue weighted by Gasteiger charge is 2.22. The molecule has 2 rings (SSSR count). The van der Waals surface area contributed by atoms with Gasteiger partial charge in [0.2, 0.25) is 5.91 Å². The Hall–Kier alpha value is -3.75. The van der Waals surface area contributed by atoms with Crippen molar-refractivity contribution >= 4 is 29.2 Å². The number of rotatable bonds is 7. The summed E-state index contributed by atoms with van der Waals surface area (Å²) < 4.78 is 10.2. The van der Waals surface area contributed by atoms with E-state index >= 15 is 0 Å². The number of anilines is 1. The molecule has 0 aromatic heterocycles. The van der Waals surface area contributed by atoms with Gasteiger partial charge in [-0.1, -0.05) is 12.1 Å². The number of hydrogen-bond acceptors (Lipinski definition) is 7. The molecule has 0 spiro atoms. The molecule has 2 aromatic rings. The van der Waals surface area contributed by atoms with Crippen molar-refractivity contribution in [2.45, 2.75) is 27.2 Å². The lowest BCUT2D eigenvalue weighted by atomic mass is 10.0. The molecule has 0 aliphatic carbocycles. The predicted molar refractivity (Wildman–Crippen MR) is 104 cm³/mol. The van der Waals surface area contributed by atoms with Crippen molar-refractivity contribution in [2.75, 3.05) is 11.9 Å². The molecule has 9 heteroatoms. The summed E-state index contributed by atoms with van der Waals surface area (Å²) in [6.07, 6.45) is 0.317. The van der Waals surface area contributed by atoms with Gasteiger partial charge in [-0.25, -0.2) is 4.79 Å². The molecule has 0 bridgehead atoms. The van der Waals surface area contributed by atoms with Crippen molar-refractivity contribution in [3.63, 3.8) is 0 Å². The van der Waals surface area contributed by atoms with Crippen LogP contribution in [0.15, 0.2) is 36.4 Å². The normalized spacial score (nSPS) is 10.2.